The molecular formula is C20H14N2O8. The van der Waals surface area contributed by atoms with Gasteiger partial charge in [-0.3, -0.25) is 14.9 Å². The molecule has 1 saturated heterocycles. The molecule has 0 bridgehead atoms. The Bertz CT molecular complexity index is 1110. The summed E-state index contributed by atoms with van der Waals surface area (Å²) in [5.41, 5.74) is 0.173. The molecule has 2 heterocycles. The number of fused-ring (bicyclic) bond motifs is 1. The van der Waals surface area contributed by atoms with Gasteiger partial charge in [-0.2, -0.15) is 0 Å². The number of anilines is 1. The van der Waals surface area contributed by atoms with Gasteiger partial charge in [0.15, 0.2) is 18.1 Å². The van der Waals surface area contributed by atoms with Gasteiger partial charge in [0.1, 0.15) is 11.3 Å². The number of nitrogens with one attached hydrogen (secondary N) is 1. The minimum absolute atomic E-state index is 0.0235. The van der Waals surface area contributed by atoms with E-state index in [4.69, 9.17) is 19.3 Å². The number of carbonyl (C=O) groups excluding carboxylic acids is 3. The van der Waals surface area contributed by atoms with Gasteiger partial charge in [0.25, 0.3) is 11.8 Å². The Hall–Kier alpha value is -4.34. The molecule has 4 amide bonds. The van der Waals surface area contributed by atoms with E-state index in [0.717, 1.165) is 4.90 Å². The maximum atomic E-state index is 13.0. The first-order valence-corrected chi connectivity index (χ1v) is 8.69. The van der Waals surface area contributed by atoms with Crippen LogP contribution in [-0.4, -0.2) is 42.3 Å². The first kappa shape index (κ1) is 19.0. The summed E-state index contributed by atoms with van der Waals surface area (Å²) in [4.78, 5) is 49.2. The summed E-state index contributed by atoms with van der Waals surface area (Å²) in [6.45, 7) is -0.572. The maximum Gasteiger partial charge on any atom is 0.341 e. The molecule has 2 N–H and O–H groups in total. The van der Waals surface area contributed by atoms with E-state index in [1.54, 1.807) is 24.3 Å². The Kier molecular flexibility index (Phi) is 4.80. The van der Waals surface area contributed by atoms with Gasteiger partial charge in [-0.25, -0.2) is 14.5 Å². The van der Waals surface area contributed by atoms with Gasteiger partial charge in [0.2, 0.25) is 6.79 Å². The van der Waals surface area contributed by atoms with Crippen LogP contribution in [0.3, 0.4) is 0 Å². The number of carbonyl (C=O) groups is 4. The predicted molar refractivity (Wildman–Crippen MR) is 101 cm³/mol. The number of benzene rings is 2. The molecule has 2 aliphatic heterocycles. The Morgan fingerprint density at radius 3 is 2.70 bits per heavy atom. The van der Waals surface area contributed by atoms with Crippen molar-refractivity contribution < 1.29 is 38.5 Å². The number of rotatable bonds is 5. The lowest BCUT2D eigenvalue weighted by atomic mass is 10.1. The van der Waals surface area contributed by atoms with Crippen molar-refractivity contribution in [3.8, 4) is 17.2 Å². The second-order valence-corrected chi connectivity index (χ2v) is 6.22. The van der Waals surface area contributed by atoms with E-state index in [9.17, 15) is 19.2 Å². The predicted octanol–water partition coefficient (Wildman–Crippen LogP) is 1.55. The van der Waals surface area contributed by atoms with Crippen molar-refractivity contribution in [2.45, 2.75) is 0 Å². The fourth-order valence-electron chi connectivity index (χ4n) is 2.94. The molecule has 0 radical (unpaired) electrons. The molecule has 0 unspecified atom stereocenters. The summed E-state index contributed by atoms with van der Waals surface area (Å²) in [6.07, 6.45) is 1.24. The number of hydrogen-bond acceptors (Lipinski definition) is 7. The maximum absolute atomic E-state index is 13.0. The van der Waals surface area contributed by atoms with Gasteiger partial charge in [-0.05, 0) is 24.3 Å². The SMILES string of the molecule is O=C(O)COc1ccccc1/C=C1\C(=O)NC(=O)N(c2ccc3c(c2)OCO3)C1=O. The lowest BCUT2D eigenvalue weighted by molar-refractivity contribution is -0.139. The van der Waals surface area contributed by atoms with E-state index in [-0.39, 0.29) is 23.8 Å². The Labute approximate surface area is 169 Å². The highest BCUT2D eigenvalue weighted by atomic mass is 16.7. The third-order valence-electron chi connectivity index (χ3n) is 4.29. The third kappa shape index (κ3) is 3.53. The average Bonchev–Trinajstić information content (AvgIpc) is 3.18. The number of ether oxygens (including phenoxy) is 3. The van der Waals surface area contributed by atoms with Crippen LogP contribution >= 0.6 is 0 Å². The van der Waals surface area contributed by atoms with E-state index < -0.39 is 30.4 Å². The first-order valence-electron chi connectivity index (χ1n) is 8.69. The van der Waals surface area contributed by atoms with E-state index in [2.05, 4.69) is 5.32 Å². The van der Waals surface area contributed by atoms with Crippen molar-refractivity contribution in [1.82, 2.24) is 5.32 Å². The highest BCUT2D eigenvalue weighted by molar-refractivity contribution is 6.39. The fourth-order valence-corrected chi connectivity index (χ4v) is 2.94. The highest BCUT2D eigenvalue weighted by Crippen LogP contribution is 2.36. The summed E-state index contributed by atoms with van der Waals surface area (Å²) in [5.74, 6) is -1.91. The number of hydrogen-bond donors (Lipinski definition) is 2. The van der Waals surface area contributed by atoms with Crippen LogP contribution in [0.2, 0.25) is 0 Å². The van der Waals surface area contributed by atoms with Crippen LogP contribution in [0, 0.1) is 0 Å². The number of barbiturate groups is 1. The zero-order chi connectivity index (χ0) is 21.3. The molecule has 0 atom stereocenters. The molecule has 10 nitrogen and oxygen atoms in total. The molecule has 0 spiro atoms. The smallest absolute Gasteiger partial charge is 0.341 e. The molecule has 4 rings (SSSR count). The average molecular weight is 410 g/mol. The molecule has 0 aromatic heterocycles. The van der Waals surface area contributed by atoms with Crippen molar-refractivity contribution in [2.75, 3.05) is 18.3 Å². The number of imide groups is 2. The second-order valence-electron chi connectivity index (χ2n) is 6.22. The van der Waals surface area contributed by atoms with Crippen LogP contribution in [0.5, 0.6) is 17.2 Å². The normalized spacial score (nSPS) is 16.6. The molecule has 0 aliphatic carbocycles. The van der Waals surface area contributed by atoms with Crippen LogP contribution in [0.4, 0.5) is 10.5 Å². The van der Waals surface area contributed by atoms with Gasteiger partial charge in [-0.1, -0.05) is 18.2 Å². The Morgan fingerprint density at radius 1 is 1.13 bits per heavy atom. The number of aliphatic carboxylic acids is 1. The van der Waals surface area contributed by atoms with Crippen molar-refractivity contribution >= 4 is 35.6 Å². The van der Waals surface area contributed by atoms with Gasteiger partial charge in [0.05, 0.1) is 5.69 Å². The quantitative estimate of drug-likeness (QED) is 0.561. The summed E-state index contributed by atoms with van der Waals surface area (Å²) < 4.78 is 15.7. The molecular weight excluding hydrogens is 396 g/mol. The van der Waals surface area contributed by atoms with E-state index in [1.165, 1.54) is 24.3 Å². The molecule has 2 aliphatic rings. The fraction of sp³-hybridized carbons (Fsp3) is 0.100. The summed E-state index contributed by atoms with van der Waals surface area (Å²) in [6, 6.07) is 9.88. The van der Waals surface area contributed by atoms with E-state index >= 15 is 0 Å². The topological polar surface area (TPSA) is 131 Å². The van der Waals surface area contributed by atoms with Crippen molar-refractivity contribution in [3.05, 3.63) is 53.6 Å². The lowest BCUT2D eigenvalue weighted by Gasteiger charge is -2.26. The molecule has 152 valence electrons. The monoisotopic (exact) mass is 410 g/mol. The molecule has 0 saturated carbocycles. The number of carboxylic acid groups (broad SMARTS) is 1. The number of carboxylic acids is 1. The van der Waals surface area contributed by atoms with Crippen LogP contribution in [-0.2, 0) is 14.4 Å². The number of nitrogens with zero attached hydrogens (tertiary/aromatic N) is 1. The summed E-state index contributed by atoms with van der Waals surface area (Å²) >= 11 is 0. The first-order chi connectivity index (χ1) is 14.4. The minimum atomic E-state index is -1.18. The molecule has 1 fully saturated rings. The molecule has 2 aromatic rings. The van der Waals surface area contributed by atoms with Crippen LogP contribution < -0.4 is 24.4 Å². The number of urea groups is 1. The van der Waals surface area contributed by atoms with Gasteiger partial charge >= 0.3 is 12.0 Å². The van der Waals surface area contributed by atoms with Crippen molar-refractivity contribution in [1.29, 1.82) is 0 Å². The summed E-state index contributed by atoms with van der Waals surface area (Å²) in [5, 5.41) is 10.9. The van der Waals surface area contributed by atoms with Crippen molar-refractivity contribution in [3.63, 3.8) is 0 Å². The van der Waals surface area contributed by atoms with Crippen molar-refractivity contribution in [2.24, 2.45) is 0 Å². The van der Waals surface area contributed by atoms with Gasteiger partial charge < -0.3 is 19.3 Å². The van der Waals surface area contributed by atoms with Gasteiger partial charge in [-0.15, -0.1) is 0 Å². The second kappa shape index (κ2) is 7.59. The summed E-state index contributed by atoms with van der Waals surface area (Å²) in [7, 11) is 0. The van der Waals surface area contributed by atoms with Crippen LogP contribution in [0.15, 0.2) is 48.0 Å². The minimum Gasteiger partial charge on any atom is -0.481 e. The number of amides is 4. The third-order valence-corrected chi connectivity index (χ3v) is 4.29. The largest absolute Gasteiger partial charge is 0.481 e. The van der Waals surface area contributed by atoms with E-state index in [1.807, 2.05) is 0 Å². The lowest BCUT2D eigenvalue weighted by Crippen LogP contribution is -2.54. The van der Waals surface area contributed by atoms with Crippen LogP contribution in [0.1, 0.15) is 5.56 Å². The highest BCUT2D eigenvalue weighted by Gasteiger charge is 2.37. The Balaban J connectivity index is 1.69. The van der Waals surface area contributed by atoms with E-state index in [0.29, 0.717) is 17.1 Å². The zero-order valence-corrected chi connectivity index (χ0v) is 15.3. The zero-order valence-electron chi connectivity index (χ0n) is 15.3. The van der Waals surface area contributed by atoms with Gasteiger partial charge in [0, 0.05) is 11.6 Å². The standard InChI is InChI=1S/C20H14N2O8/c23-17(24)9-28-14-4-2-1-3-11(14)7-13-18(25)21-20(27)22(19(13)26)12-5-6-15-16(8-12)30-10-29-15/h1-8H,9-10H2,(H,23,24)(H,21,25,27)/b13-7+. The molecule has 10 heteroatoms. The molecule has 30 heavy (non-hydrogen) atoms. The van der Waals surface area contributed by atoms with Crippen LogP contribution in [0.25, 0.3) is 6.08 Å². The Morgan fingerprint density at radius 2 is 1.90 bits per heavy atom. The molecule has 2 aromatic carbocycles. The number of para-hydroxylation sites is 1.